The Hall–Kier alpha value is -1.10. The second kappa shape index (κ2) is 4.88. The summed E-state index contributed by atoms with van der Waals surface area (Å²) in [7, 11) is 0. The number of hydrogen-bond acceptors (Lipinski definition) is 3. The average molecular weight is 256 g/mol. The van der Waals surface area contributed by atoms with Crippen LogP contribution in [0.3, 0.4) is 0 Å². The molecule has 0 radical (unpaired) electrons. The fourth-order valence-electron chi connectivity index (χ4n) is 2.56. The maximum absolute atomic E-state index is 12.4. The molecular weight excluding hydrogens is 232 g/mol. The molecular formula is C13H24N2O3. The summed E-state index contributed by atoms with van der Waals surface area (Å²) in [5.74, 6) is -1.09. The van der Waals surface area contributed by atoms with E-state index in [1.807, 2.05) is 13.8 Å². The minimum Gasteiger partial charge on any atom is -0.480 e. The lowest BCUT2D eigenvalue weighted by Crippen LogP contribution is -2.59. The number of carboxylic acid groups (broad SMARTS) is 1. The molecule has 0 saturated carbocycles. The molecule has 1 unspecified atom stereocenters. The molecule has 104 valence electrons. The van der Waals surface area contributed by atoms with Gasteiger partial charge in [0, 0.05) is 13.1 Å². The highest BCUT2D eigenvalue weighted by Crippen LogP contribution is 2.37. The van der Waals surface area contributed by atoms with Crippen molar-refractivity contribution in [1.82, 2.24) is 4.90 Å². The number of carbonyl (C=O) groups is 2. The maximum atomic E-state index is 12.4. The number of rotatable bonds is 3. The quantitative estimate of drug-likeness (QED) is 0.791. The highest BCUT2D eigenvalue weighted by atomic mass is 16.4. The van der Waals surface area contributed by atoms with Crippen molar-refractivity contribution in [2.45, 2.75) is 46.6 Å². The molecule has 1 saturated heterocycles. The fraction of sp³-hybridized carbons (Fsp3) is 0.846. The molecule has 0 aromatic heterocycles. The Kier molecular flexibility index (Phi) is 4.05. The lowest BCUT2D eigenvalue weighted by atomic mass is 9.75. The van der Waals surface area contributed by atoms with Crippen LogP contribution in [0.5, 0.6) is 0 Å². The van der Waals surface area contributed by atoms with E-state index >= 15 is 0 Å². The van der Waals surface area contributed by atoms with Gasteiger partial charge >= 0.3 is 5.97 Å². The van der Waals surface area contributed by atoms with Gasteiger partial charge in [-0.25, -0.2) is 4.79 Å². The van der Waals surface area contributed by atoms with Crippen LogP contribution in [-0.2, 0) is 9.59 Å². The third-order valence-corrected chi connectivity index (χ3v) is 3.86. The number of carboxylic acids is 1. The van der Waals surface area contributed by atoms with Gasteiger partial charge in [-0.15, -0.1) is 0 Å². The van der Waals surface area contributed by atoms with Crippen molar-refractivity contribution < 1.29 is 14.7 Å². The Morgan fingerprint density at radius 1 is 1.44 bits per heavy atom. The van der Waals surface area contributed by atoms with Gasteiger partial charge in [0.2, 0.25) is 5.91 Å². The minimum absolute atomic E-state index is 0.162. The first-order chi connectivity index (χ1) is 8.13. The number of amides is 1. The summed E-state index contributed by atoms with van der Waals surface area (Å²) in [6.07, 6.45) is 1.65. The number of likely N-dealkylation sites (tertiary alicyclic amines) is 1. The third kappa shape index (κ3) is 2.66. The van der Waals surface area contributed by atoms with Crippen LogP contribution < -0.4 is 5.73 Å². The van der Waals surface area contributed by atoms with Gasteiger partial charge in [-0.05, 0) is 32.1 Å². The summed E-state index contributed by atoms with van der Waals surface area (Å²) in [5, 5.41) is 9.41. The second-order valence-corrected chi connectivity index (χ2v) is 6.42. The Bertz CT molecular complexity index is 350. The van der Waals surface area contributed by atoms with Crippen molar-refractivity contribution in [1.29, 1.82) is 0 Å². The molecule has 1 aliphatic heterocycles. The topological polar surface area (TPSA) is 83.6 Å². The highest BCUT2D eigenvalue weighted by Gasteiger charge is 2.47. The molecule has 1 amide bonds. The molecule has 1 aliphatic rings. The molecule has 0 bridgehead atoms. The summed E-state index contributed by atoms with van der Waals surface area (Å²) in [5.41, 5.74) is 4.50. The summed E-state index contributed by atoms with van der Waals surface area (Å²) < 4.78 is 0. The minimum atomic E-state index is -0.930. The maximum Gasteiger partial charge on any atom is 0.326 e. The molecule has 1 atom stereocenters. The molecule has 5 heteroatoms. The SMILES string of the molecule is CC(C)(CN)C(=O)N1CCCC(C)(C)C1C(=O)O. The van der Waals surface area contributed by atoms with Gasteiger partial charge in [0.15, 0.2) is 0 Å². The van der Waals surface area contributed by atoms with Crippen LogP contribution in [0.4, 0.5) is 0 Å². The van der Waals surface area contributed by atoms with Crippen molar-refractivity contribution in [2.24, 2.45) is 16.6 Å². The lowest BCUT2D eigenvalue weighted by molar-refractivity contribution is -0.163. The first kappa shape index (κ1) is 15.0. The van der Waals surface area contributed by atoms with Gasteiger partial charge < -0.3 is 15.7 Å². The zero-order chi connectivity index (χ0) is 14.1. The van der Waals surface area contributed by atoms with Crippen molar-refractivity contribution >= 4 is 11.9 Å². The molecule has 1 heterocycles. The van der Waals surface area contributed by atoms with Gasteiger partial charge in [0.05, 0.1) is 5.41 Å². The van der Waals surface area contributed by atoms with Crippen LogP contribution in [-0.4, -0.2) is 41.0 Å². The molecule has 1 rings (SSSR count). The molecule has 5 nitrogen and oxygen atoms in total. The molecule has 0 aromatic rings. The fourth-order valence-corrected chi connectivity index (χ4v) is 2.56. The van der Waals surface area contributed by atoms with E-state index in [2.05, 4.69) is 0 Å². The third-order valence-electron chi connectivity index (χ3n) is 3.86. The van der Waals surface area contributed by atoms with E-state index in [1.54, 1.807) is 13.8 Å². The normalized spacial score (nSPS) is 23.8. The smallest absolute Gasteiger partial charge is 0.326 e. The van der Waals surface area contributed by atoms with Gasteiger partial charge in [0.25, 0.3) is 0 Å². The van der Waals surface area contributed by atoms with E-state index in [0.717, 1.165) is 12.8 Å². The number of nitrogens with zero attached hydrogens (tertiary/aromatic N) is 1. The van der Waals surface area contributed by atoms with Crippen molar-refractivity contribution in [3.8, 4) is 0 Å². The summed E-state index contributed by atoms with van der Waals surface area (Å²) in [6, 6.07) is -0.760. The number of carbonyl (C=O) groups excluding carboxylic acids is 1. The standard InChI is InChI=1S/C13H24N2O3/c1-12(2)6-5-7-15(9(12)10(16)17)11(18)13(3,4)8-14/h9H,5-8,14H2,1-4H3,(H,16,17). The Balaban J connectivity index is 3.06. The molecule has 18 heavy (non-hydrogen) atoms. The number of nitrogens with two attached hydrogens (primary N) is 1. The van der Waals surface area contributed by atoms with Crippen molar-refractivity contribution in [2.75, 3.05) is 13.1 Å². The van der Waals surface area contributed by atoms with E-state index in [-0.39, 0.29) is 12.5 Å². The molecule has 0 aliphatic carbocycles. The van der Waals surface area contributed by atoms with Gasteiger partial charge in [-0.2, -0.15) is 0 Å². The number of aliphatic carboxylic acids is 1. The van der Waals surface area contributed by atoms with Crippen LogP contribution in [0.2, 0.25) is 0 Å². The second-order valence-electron chi connectivity index (χ2n) is 6.42. The van der Waals surface area contributed by atoms with Crippen molar-refractivity contribution in [3.63, 3.8) is 0 Å². The van der Waals surface area contributed by atoms with Crippen molar-refractivity contribution in [3.05, 3.63) is 0 Å². The summed E-state index contributed by atoms with van der Waals surface area (Å²) in [6.45, 7) is 8.05. The number of piperidine rings is 1. The van der Waals surface area contributed by atoms with E-state index in [0.29, 0.717) is 6.54 Å². The monoisotopic (exact) mass is 256 g/mol. The first-order valence-corrected chi connectivity index (χ1v) is 6.37. The van der Waals surface area contributed by atoms with Crippen LogP contribution >= 0.6 is 0 Å². The predicted molar refractivity (Wildman–Crippen MR) is 69.0 cm³/mol. The van der Waals surface area contributed by atoms with Crippen LogP contribution in [0.1, 0.15) is 40.5 Å². The first-order valence-electron chi connectivity index (χ1n) is 6.37. The van der Waals surface area contributed by atoms with Crippen LogP contribution in [0, 0.1) is 10.8 Å². The zero-order valence-electron chi connectivity index (χ0n) is 11.7. The molecule has 1 fully saturated rings. The Morgan fingerprint density at radius 3 is 2.44 bits per heavy atom. The van der Waals surface area contributed by atoms with E-state index in [9.17, 15) is 14.7 Å². The largest absolute Gasteiger partial charge is 0.480 e. The van der Waals surface area contributed by atoms with Crippen LogP contribution in [0.25, 0.3) is 0 Å². The molecule has 0 aromatic carbocycles. The predicted octanol–water partition coefficient (Wildman–Crippen LogP) is 1.07. The summed E-state index contributed by atoms with van der Waals surface area (Å²) in [4.78, 5) is 25.4. The average Bonchev–Trinajstić information content (AvgIpc) is 2.25. The molecule has 0 spiro atoms. The Morgan fingerprint density at radius 2 is 2.00 bits per heavy atom. The number of hydrogen-bond donors (Lipinski definition) is 2. The van der Waals surface area contributed by atoms with E-state index in [4.69, 9.17) is 5.73 Å². The van der Waals surface area contributed by atoms with Gasteiger partial charge in [-0.1, -0.05) is 13.8 Å². The zero-order valence-corrected chi connectivity index (χ0v) is 11.7. The summed E-state index contributed by atoms with van der Waals surface area (Å²) >= 11 is 0. The highest BCUT2D eigenvalue weighted by molar-refractivity contribution is 5.88. The molecule has 3 N–H and O–H groups in total. The van der Waals surface area contributed by atoms with Gasteiger partial charge in [0.1, 0.15) is 6.04 Å². The van der Waals surface area contributed by atoms with Gasteiger partial charge in [-0.3, -0.25) is 4.79 Å². The lowest BCUT2D eigenvalue weighted by Gasteiger charge is -2.46. The Labute approximate surface area is 108 Å². The van der Waals surface area contributed by atoms with E-state index in [1.165, 1.54) is 4.90 Å². The van der Waals surface area contributed by atoms with E-state index < -0.39 is 22.8 Å². The van der Waals surface area contributed by atoms with Crippen LogP contribution in [0.15, 0.2) is 0 Å².